The van der Waals surface area contributed by atoms with Gasteiger partial charge in [-0.15, -0.1) is 0 Å². The van der Waals surface area contributed by atoms with Crippen LogP contribution in [-0.2, 0) is 6.61 Å². The largest absolute Gasteiger partial charge is 0.497 e. The Kier molecular flexibility index (Phi) is 6.58. The van der Waals surface area contributed by atoms with Gasteiger partial charge in [-0.2, -0.15) is 0 Å². The van der Waals surface area contributed by atoms with Gasteiger partial charge in [-0.25, -0.2) is 0 Å². The Morgan fingerprint density at radius 3 is 2.00 bits per heavy atom. The topological polar surface area (TPSA) is 36.9 Å². The van der Waals surface area contributed by atoms with Gasteiger partial charge >= 0.3 is 0 Å². The van der Waals surface area contributed by atoms with E-state index in [2.05, 4.69) is 0 Å². The van der Waals surface area contributed by atoms with Crippen molar-refractivity contribution in [3.05, 3.63) is 83.4 Å². The summed E-state index contributed by atoms with van der Waals surface area (Å²) in [5, 5.41) is 0. The Morgan fingerprint density at radius 1 is 0.679 bits per heavy atom. The van der Waals surface area contributed by atoms with Gasteiger partial charge in [0.25, 0.3) is 0 Å². The molecule has 4 nitrogen and oxygen atoms in total. The minimum atomic E-state index is 0.450. The number of benzene rings is 3. The fourth-order valence-electron chi connectivity index (χ4n) is 2.80. The lowest BCUT2D eigenvalue weighted by Crippen LogP contribution is -2.00. The van der Waals surface area contributed by atoms with Crippen LogP contribution in [0.4, 0.5) is 0 Å². The van der Waals surface area contributed by atoms with Gasteiger partial charge < -0.3 is 18.9 Å². The molecule has 0 bridgehead atoms. The predicted molar refractivity (Wildman–Crippen MR) is 112 cm³/mol. The molecule has 144 valence electrons. The second-order valence-corrected chi connectivity index (χ2v) is 6.14. The second-order valence-electron chi connectivity index (χ2n) is 6.14. The van der Waals surface area contributed by atoms with Crippen LogP contribution in [-0.4, -0.2) is 21.3 Å². The van der Waals surface area contributed by atoms with Gasteiger partial charge in [-0.05, 0) is 41.0 Å². The Labute approximate surface area is 165 Å². The molecular weight excluding hydrogens is 352 g/mol. The highest BCUT2D eigenvalue weighted by atomic mass is 16.5. The zero-order chi connectivity index (χ0) is 19.8. The number of rotatable bonds is 8. The van der Waals surface area contributed by atoms with E-state index in [1.807, 2.05) is 78.9 Å². The van der Waals surface area contributed by atoms with E-state index in [4.69, 9.17) is 18.9 Å². The molecule has 3 rings (SSSR count). The maximum Gasteiger partial charge on any atom is 0.203 e. The van der Waals surface area contributed by atoms with Gasteiger partial charge in [-0.3, -0.25) is 0 Å². The molecule has 0 N–H and O–H groups in total. The Balaban J connectivity index is 1.85. The van der Waals surface area contributed by atoms with Gasteiger partial charge in [0.1, 0.15) is 12.4 Å². The second kappa shape index (κ2) is 9.51. The average molecular weight is 376 g/mol. The van der Waals surface area contributed by atoms with Gasteiger partial charge in [0.05, 0.1) is 21.3 Å². The van der Waals surface area contributed by atoms with Crippen LogP contribution < -0.4 is 18.9 Å². The number of ether oxygens (including phenoxy) is 4. The van der Waals surface area contributed by atoms with Crippen LogP contribution >= 0.6 is 0 Å². The van der Waals surface area contributed by atoms with Crippen molar-refractivity contribution < 1.29 is 18.9 Å². The maximum absolute atomic E-state index is 6.02. The third-order valence-corrected chi connectivity index (χ3v) is 4.29. The Bertz CT molecular complexity index is 915. The molecule has 0 radical (unpaired) electrons. The highest BCUT2D eigenvalue weighted by Gasteiger charge is 2.13. The van der Waals surface area contributed by atoms with Crippen molar-refractivity contribution in [3.8, 4) is 23.0 Å². The van der Waals surface area contributed by atoms with E-state index in [1.54, 1.807) is 21.3 Å². The van der Waals surface area contributed by atoms with E-state index in [0.29, 0.717) is 23.9 Å². The minimum absolute atomic E-state index is 0.450. The van der Waals surface area contributed by atoms with Crippen LogP contribution in [0.2, 0.25) is 0 Å². The van der Waals surface area contributed by atoms with Gasteiger partial charge in [0.15, 0.2) is 11.5 Å². The van der Waals surface area contributed by atoms with Crippen molar-refractivity contribution >= 4 is 12.2 Å². The summed E-state index contributed by atoms with van der Waals surface area (Å²) in [6, 6.07) is 21.8. The van der Waals surface area contributed by atoms with Crippen molar-refractivity contribution in [3.63, 3.8) is 0 Å². The molecule has 0 unspecified atom stereocenters. The summed E-state index contributed by atoms with van der Waals surface area (Å²) in [6.45, 7) is 0.450. The highest BCUT2D eigenvalue weighted by Crippen LogP contribution is 2.39. The van der Waals surface area contributed by atoms with E-state index in [9.17, 15) is 0 Å². The van der Waals surface area contributed by atoms with Gasteiger partial charge in [0, 0.05) is 0 Å². The summed E-state index contributed by atoms with van der Waals surface area (Å²) in [5.41, 5.74) is 3.11. The van der Waals surface area contributed by atoms with Crippen molar-refractivity contribution in [1.82, 2.24) is 0 Å². The van der Waals surface area contributed by atoms with Crippen LogP contribution in [0.5, 0.6) is 23.0 Å². The van der Waals surface area contributed by atoms with Crippen molar-refractivity contribution in [2.24, 2.45) is 0 Å². The van der Waals surface area contributed by atoms with E-state index in [1.165, 1.54) is 0 Å². The quantitative estimate of drug-likeness (QED) is 0.489. The third kappa shape index (κ3) is 4.86. The highest BCUT2D eigenvalue weighted by molar-refractivity contribution is 5.73. The first-order chi connectivity index (χ1) is 13.7. The van der Waals surface area contributed by atoms with Crippen LogP contribution in [0.1, 0.15) is 16.7 Å². The smallest absolute Gasteiger partial charge is 0.203 e. The van der Waals surface area contributed by atoms with E-state index < -0.39 is 0 Å². The van der Waals surface area contributed by atoms with Crippen molar-refractivity contribution in [2.75, 3.05) is 21.3 Å². The van der Waals surface area contributed by atoms with Crippen LogP contribution in [0.15, 0.2) is 66.7 Å². The monoisotopic (exact) mass is 376 g/mol. The van der Waals surface area contributed by atoms with E-state index in [0.717, 1.165) is 22.4 Å². The lowest BCUT2D eigenvalue weighted by molar-refractivity contribution is 0.275. The normalized spacial score (nSPS) is 10.7. The molecule has 28 heavy (non-hydrogen) atoms. The van der Waals surface area contributed by atoms with E-state index >= 15 is 0 Å². The standard InChI is InChI=1S/C24H24O4/c1-25-21-13-11-18(12-14-21)9-10-20-15-22(26-2)24(27-3)23(16-20)28-17-19-7-5-4-6-8-19/h4-16H,17H2,1-3H3. The van der Waals surface area contributed by atoms with Crippen LogP contribution in [0, 0.1) is 0 Å². The lowest BCUT2D eigenvalue weighted by Gasteiger charge is -2.15. The molecule has 0 amide bonds. The maximum atomic E-state index is 6.02. The Morgan fingerprint density at radius 2 is 1.36 bits per heavy atom. The zero-order valence-electron chi connectivity index (χ0n) is 16.3. The summed E-state index contributed by atoms with van der Waals surface area (Å²) in [5.74, 6) is 2.68. The third-order valence-electron chi connectivity index (χ3n) is 4.29. The predicted octanol–water partition coefficient (Wildman–Crippen LogP) is 5.46. The number of hydrogen-bond acceptors (Lipinski definition) is 4. The summed E-state index contributed by atoms with van der Waals surface area (Å²) < 4.78 is 22.2. The molecular formula is C24H24O4. The van der Waals surface area contributed by atoms with Gasteiger partial charge in [-0.1, -0.05) is 54.6 Å². The number of hydrogen-bond donors (Lipinski definition) is 0. The average Bonchev–Trinajstić information content (AvgIpc) is 2.76. The fraction of sp³-hybridized carbons (Fsp3) is 0.167. The minimum Gasteiger partial charge on any atom is -0.497 e. The van der Waals surface area contributed by atoms with Gasteiger partial charge in [0.2, 0.25) is 5.75 Å². The molecule has 0 saturated heterocycles. The summed E-state index contributed by atoms with van der Waals surface area (Å²) in [6.07, 6.45) is 4.04. The molecule has 0 atom stereocenters. The first kappa shape index (κ1) is 19.4. The molecule has 3 aromatic rings. The SMILES string of the molecule is COc1ccc(C=Cc2cc(OC)c(OC)c(OCc3ccccc3)c2)cc1. The molecule has 0 spiro atoms. The molecule has 3 aromatic carbocycles. The lowest BCUT2D eigenvalue weighted by atomic mass is 10.1. The molecule has 0 aliphatic carbocycles. The summed E-state index contributed by atoms with van der Waals surface area (Å²) >= 11 is 0. The summed E-state index contributed by atoms with van der Waals surface area (Å²) in [7, 11) is 4.89. The summed E-state index contributed by atoms with van der Waals surface area (Å²) in [4.78, 5) is 0. The molecule has 0 heterocycles. The first-order valence-corrected chi connectivity index (χ1v) is 8.98. The van der Waals surface area contributed by atoms with Crippen molar-refractivity contribution in [2.45, 2.75) is 6.61 Å². The molecule has 0 saturated carbocycles. The molecule has 0 aliphatic heterocycles. The first-order valence-electron chi connectivity index (χ1n) is 8.98. The Hall–Kier alpha value is -3.40. The van der Waals surface area contributed by atoms with Crippen molar-refractivity contribution in [1.29, 1.82) is 0 Å². The van der Waals surface area contributed by atoms with E-state index in [-0.39, 0.29) is 0 Å². The molecule has 0 fully saturated rings. The zero-order valence-corrected chi connectivity index (χ0v) is 16.3. The molecule has 4 heteroatoms. The molecule has 0 aromatic heterocycles. The van der Waals surface area contributed by atoms with Crippen LogP contribution in [0.3, 0.4) is 0 Å². The fourth-order valence-corrected chi connectivity index (χ4v) is 2.80. The molecule has 0 aliphatic rings. The van der Waals surface area contributed by atoms with Crippen LogP contribution in [0.25, 0.3) is 12.2 Å². The number of methoxy groups -OCH3 is 3.